The molecule has 0 spiro atoms. The monoisotopic (exact) mass is 361 g/mol. The lowest BCUT2D eigenvalue weighted by Crippen LogP contribution is -2.04. The first-order valence-electron chi connectivity index (χ1n) is 8.54. The zero-order valence-electron chi connectivity index (χ0n) is 14.4. The Morgan fingerprint density at radius 2 is 1.65 bits per heavy atom. The average molecular weight is 361 g/mol. The normalized spacial score (nSPS) is 12.2. The molecule has 130 valence electrons. The van der Waals surface area contributed by atoms with E-state index in [2.05, 4.69) is 58.1 Å². The van der Waals surface area contributed by atoms with Crippen LogP contribution >= 0.6 is 11.8 Å². The predicted molar refractivity (Wildman–Crippen MR) is 104 cm³/mol. The lowest BCUT2D eigenvalue weighted by atomic mass is 10.2. The van der Waals surface area contributed by atoms with E-state index >= 15 is 0 Å². The molecule has 4 nitrogen and oxygen atoms in total. The van der Waals surface area contributed by atoms with Crippen molar-refractivity contribution >= 4 is 11.8 Å². The van der Waals surface area contributed by atoms with Gasteiger partial charge in [-0.25, -0.2) is 0 Å². The molecule has 0 fully saturated rings. The summed E-state index contributed by atoms with van der Waals surface area (Å²) in [6.45, 7) is 2.89. The topological polar surface area (TPSA) is 43.9 Å². The highest BCUT2D eigenvalue weighted by Gasteiger charge is 2.19. The van der Waals surface area contributed by atoms with Crippen LogP contribution in [0.4, 0.5) is 0 Å². The van der Waals surface area contributed by atoms with Gasteiger partial charge in [0.25, 0.3) is 0 Å². The van der Waals surface area contributed by atoms with Gasteiger partial charge in [0.05, 0.1) is 12.8 Å². The third-order valence-corrected chi connectivity index (χ3v) is 5.33. The van der Waals surface area contributed by atoms with E-state index in [9.17, 15) is 0 Å². The fourth-order valence-corrected chi connectivity index (χ4v) is 3.80. The molecule has 0 aliphatic heterocycles. The van der Waals surface area contributed by atoms with Gasteiger partial charge in [-0.05, 0) is 30.2 Å². The Hall–Kier alpha value is -2.79. The molecule has 0 radical (unpaired) electrons. The van der Waals surface area contributed by atoms with Gasteiger partial charge in [0.2, 0.25) is 5.82 Å². The van der Waals surface area contributed by atoms with E-state index in [0.717, 1.165) is 16.7 Å². The molecular weight excluding hydrogens is 342 g/mol. The Labute approximate surface area is 156 Å². The molecular formula is C21H19N3OS. The van der Waals surface area contributed by atoms with Crippen LogP contribution < -0.4 is 0 Å². The molecule has 2 aromatic heterocycles. The molecule has 0 aliphatic rings. The fraction of sp³-hybridized carbons (Fsp3) is 0.143. The maximum Gasteiger partial charge on any atom is 0.200 e. The molecule has 0 aliphatic carbocycles. The van der Waals surface area contributed by atoms with E-state index in [1.807, 2.05) is 36.4 Å². The summed E-state index contributed by atoms with van der Waals surface area (Å²) in [6.07, 6.45) is 1.66. The van der Waals surface area contributed by atoms with Gasteiger partial charge < -0.3 is 4.42 Å². The molecule has 0 unspecified atom stereocenters. The third kappa shape index (κ3) is 3.58. The molecule has 0 saturated heterocycles. The summed E-state index contributed by atoms with van der Waals surface area (Å²) in [5.41, 5.74) is 2.47. The standard InChI is InChI=1S/C21H19N3OS/c1-16(18-11-6-3-7-12-18)26-21-23-22-20(19-13-8-14-25-19)24(21)15-17-9-4-2-5-10-17/h2-14,16H,15H2,1H3/t16-/m0/s1. The molecule has 26 heavy (non-hydrogen) atoms. The third-order valence-electron chi connectivity index (χ3n) is 4.19. The highest BCUT2D eigenvalue weighted by molar-refractivity contribution is 7.99. The van der Waals surface area contributed by atoms with Crippen LogP contribution in [0.1, 0.15) is 23.3 Å². The Kier molecular flexibility index (Phi) is 4.88. The predicted octanol–water partition coefficient (Wildman–Crippen LogP) is 5.44. The second-order valence-electron chi connectivity index (χ2n) is 6.03. The first-order valence-corrected chi connectivity index (χ1v) is 9.42. The van der Waals surface area contributed by atoms with Gasteiger partial charge in [-0.3, -0.25) is 4.57 Å². The first kappa shape index (κ1) is 16.7. The van der Waals surface area contributed by atoms with Crippen molar-refractivity contribution < 1.29 is 4.42 Å². The molecule has 0 saturated carbocycles. The average Bonchev–Trinajstić information content (AvgIpc) is 3.34. The van der Waals surface area contributed by atoms with Gasteiger partial charge in [-0.15, -0.1) is 10.2 Å². The van der Waals surface area contributed by atoms with Crippen LogP contribution in [0.25, 0.3) is 11.6 Å². The quantitative estimate of drug-likeness (QED) is 0.429. The van der Waals surface area contributed by atoms with Crippen molar-refractivity contribution in [2.75, 3.05) is 0 Å². The second kappa shape index (κ2) is 7.62. The van der Waals surface area contributed by atoms with E-state index in [1.165, 1.54) is 11.1 Å². The van der Waals surface area contributed by atoms with Gasteiger partial charge in [-0.2, -0.15) is 0 Å². The lowest BCUT2D eigenvalue weighted by Gasteiger charge is -2.13. The van der Waals surface area contributed by atoms with Crippen molar-refractivity contribution in [1.29, 1.82) is 0 Å². The summed E-state index contributed by atoms with van der Waals surface area (Å²) in [5, 5.41) is 10.0. The second-order valence-corrected chi connectivity index (χ2v) is 7.33. The van der Waals surface area contributed by atoms with Crippen molar-refractivity contribution in [3.63, 3.8) is 0 Å². The van der Waals surface area contributed by atoms with Gasteiger partial charge >= 0.3 is 0 Å². The van der Waals surface area contributed by atoms with Crippen LogP contribution in [-0.2, 0) is 6.54 Å². The zero-order valence-corrected chi connectivity index (χ0v) is 15.3. The van der Waals surface area contributed by atoms with E-state index < -0.39 is 0 Å². The van der Waals surface area contributed by atoms with Gasteiger partial charge in [0.1, 0.15) is 0 Å². The number of thioether (sulfide) groups is 1. The van der Waals surface area contributed by atoms with Crippen LogP contribution in [0, 0.1) is 0 Å². The van der Waals surface area contributed by atoms with Crippen molar-refractivity contribution in [3.8, 4) is 11.6 Å². The summed E-state index contributed by atoms with van der Waals surface area (Å²) in [6, 6.07) is 24.6. The maximum atomic E-state index is 5.57. The molecule has 4 aromatic rings. The van der Waals surface area contributed by atoms with Crippen LogP contribution in [0.15, 0.2) is 88.6 Å². The van der Waals surface area contributed by atoms with Crippen molar-refractivity contribution in [1.82, 2.24) is 14.8 Å². The Morgan fingerprint density at radius 3 is 2.35 bits per heavy atom. The summed E-state index contributed by atoms with van der Waals surface area (Å²) < 4.78 is 7.69. The molecule has 0 bridgehead atoms. The molecule has 1 atom stereocenters. The Bertz CT molecular complexity index is 950. The van der Waals surface area contributed by atoms with Crippen LogP contribution in [0.2, 0.25) is 0 Å². The van der Waals surface area contributed by atoms with E-state index in [-0.39, 0.29) is 5.25 Å². The number of nitrogens with zero attached hydrogens (tertiary/aromatic N) is 3. The fourth-order valence-electron chi connectivity index (χ4n) is 2.82. The Balaban J connectivity index is 1.68. The highest BCUT2D eigenvalue weighted by atomic mass is 32.2. The highest BCUT2D eigenvalue weighted by Crippen LogP contribution is 2.35. The summed E-state index contributed by atoms with van der Waals surface area (Å²) in [7, 11) is 0. The number of benzene rings is 2. The number of aromatic nitrogens is 3. The summed E-state index contributed by atoms with van der Waals surface area (Å²) in [4.78, 5) is 0. The van der Waals surface area contributed by atoms with Crippen LogP contribution in [-0.4, -0.2) is 14.8 Å². The minimum atomic E-state index is 0.277. The number of hydrogen-bond donors (Lipinski definition) is 0. The number of rotatable bonds is 6. The van der Waals surface area contributed by atoms with Gasteiger partial charge in [-0.1, -0.05) is 72.4 Å². The SMILES string of the molecule is C[C@H](Sc1nnc(-c2ccco2)n1Cc1ccccc1)c1ccccc1. The number of hydrogen-bond acceptors (Lipinski definition) is 4. The van der Waals surface area contributed by atoms with Crippen molar-refractivity contribution in [3.05, 3.63) is 90.2 Å². The van der Waals surface area contributed by atoms with Crippen molar-refractivity contribution in [2.45, 2.75) is 23.9 Å². The van der Waals surface area contributed by atoms with E-state index in [1.54, 1.807) is 18.0 Å². The molecule has 4 rings (SSSR count). The minimum Gasteiger partial charge on any atom is -0.461 e. The smallest absolute Gasteiger partial charge is 0.200 e. The molecule has 5 heteroatoms. The molecule has 2 heterocycles. The Morgan fingerprint density at radius 1 is 0.923 bits per heavy atom. The van der Waals surface area contributed by atoms with Gasteiger partial charge in [0, 0.05) is 5.25 Å². The van der Waals surface area contributed by atoms with Gasteiger partial charge in [0.15, 0.2) is 10.9 Å². The van der Waals surface area contributed by atoms with Crippen LogP contribution in [0.3, 0.4) is 0 Å². The molecule has 2 aromatic carbocycles. The maximum absolute atomic E-state index is 5.57. The molecule has 0 N–H and O–H groups in total. The summed E-state index contributed by atoms with van der Waals surface area (Å²) in [5.74, 6) is 1.48. The molecule has 0 amide bonds. The van der Waals surface area contributed by atoms with E-state index in [4.69, 9.17) is 4.42 Å². The zero-order chi connectivity index (χ0) is 17.8. The lowest BCUT2D eigenvalue weighted by molar-refractivity contribution is 0.569. The largest absolute Gasteiger partial charge is 0.461 e. The van der Waals surface area contributed by atoms with Crippen molar-refractivity contribution in [2.24, 2.45) is 0 Å². The summed E-state index contributed by atoms with van der Waals surface area (Å²) >= 11 is 1.71. The number of furan rings is 1. The van der Waals surface area contributed by atoms with Crippen LogP contribution in [0.5, 0.6) is 0 Å². The van der Waals surface area contributed by atoms with E-state index in [0.29, 0.717) is 6.54 Å². The first-order chi connectivity index (χ1) is 12.8. The minimum absolute atomic E-state index is 0.277.